The monoisotopic (exact) mass is 779 g/mol. The Morgan fingerprint density at radius 1 is 1.16 bits per heavy atom. The number of cyclic esters (lactones) is 1. The van der Waals surface area contributed by atoms with E-state index in [-0.39, 0.29) is 74.2 Å². The Balaban J connectivity index is 1.32. The third kappa shape index (κ3) is 11.3. The molecular formula is C37H46FN9O9. The number of esters is 1. The number of nitrogens with one attached hydrogen (secondary N) is 4. The van der Waals surface area contributed by atoms with Crippen molar-refractivity contribution >= 4 is 23.7 Å². The van der Waals surface area contributed by atoms with E-state index in [9.17, 15) is 38.3 Å². The lowest BCUT2D eigenvalue weighted by Crippen LogP contribution is -2.44. The van der Waals surface area contributed by atoms with Crippen LogP contribution in [0.2, 0.25) is 0 Å². The molecule has 2 bridgehead atoms. The van der Waals surface area contributed by atoms with Gasteiger partial charge in [0.05, 0.1) is 30.8 Å². The summed E-state index contributed by atoms with van der Waals surface area (Å²) in [6.07, 6.45) is 8.04. The number of aromatic amines is 2. The number of aliphatic hydroxyl groups excluding tert-OH is 1. The number of H-pyrrole nitrogens is 2. The van der Waals surface area contributed by atoms with Gasteiger partial charge in [-0.05, 0) is 31.8 Å². The fraction of sp³-hybridized carbons (Fsp3) is 0.486. The van der Waals surface area contributed by atoms with Crippen LogP contribution in [-0.4, -0.2) is 108 Å². The molecule has 5 atom stereocenters. The van der Waals surface area contributed by atoms with Gasteiger partial charge in [-0.2, -0.15) is 0 Å². The SMILES string of the molecule is CC1=C\C(O)CC(F)Cc2nc(co2)C(=O)N2CCCC2C(=O)OC(C(C)C)C(CC(=O)NCCn2cc(-c3c[nH]c(=O)[nH]c3=O)nn2)/C=C/C(=O)NC\C=C\1. The van der Waals surface area contributed by atoms with Crippen LogP contribution in [0.5, 0.6) is 0 Å². The van der Waals surface area contributed by atoms with Gasteiger partial charge in [0.15, 0.2) is 11.6 Å². The number of oxazole rings is 1. The number of rotatable bonds is 7. The molecule has 1 saturated heterocycles. The Labute approximate surface area is 320 Å². The molecule has 19 heteroatoms. The zero-order valence-corrected chi connectivity index (χ0v) is 31.3. The Hall–Kier alpha value is -5.98. The van der Waals surface area contributed by atoms with E-state index in [0.717, 1.165) is 6.26 Å². The van der Waals surface area contributed by atoms with Gasteiger partial charge in [-0.3, -0.25) is 28.8 Å². The summed E-state index contributed by atoms with van der Waals surface area (Å²) >= 11 is 0. The standard InChI is InChI=1S/C37H46FN9O9/c1-21(2)33-23(15-31(50)40-11-13-46-19-27(44-45-46)26-18-41-37(54)43-34(26)51)8-9-30(49)39-10-4-6-22(3)14-25(48)16-24(38)17-32-42-28(20-55-32)35(52)47-12-5-7-29(47)36(53)56-33/h4,6,8-9,14,18-21,23-25,29,33,48H,5,7,10-13,15-17H2,1-3H3,(H,39,49)(H,40,50)(H2,41,43,51,54)/b6-4+,9-8+,22-14+. The molecule has 18 nitrogen and oxygen atoms in total. The molecule has 3 aromatic rings. The lowest BCUT2D eigenvalue weighted by atomic mass is 9.89. The van der Waals surface area contributed by atoms with Crippen LogP contribution in [0.3, 0.4) is 0 Å². The number of hydrogen-bond donors (Lipinski definition) is 5. The number of aliphatic hydroxyl groups is 1. The quantitative estimate of drug-likeness (QED) is 0.212. The number of hydrogen-bond acceptors (Lipinski definition) is 12. The average molecular weight is 780 g/mol. The second kappa shape index (κ2) is 19.1. The number of aromatic nitrogens is 6. The van der Waals surface area contributed by atoms with Crippen LogP contribution in [-0.2, 0) is 32.1 Å². The highest BCUT2D eigenvalue weighted by atomic mass is 19.1. The van der Waals surface area contributed by atoms with Crippen molar-refractivity contribution in [2.75, 3.05) is 19.6 Å². The molecule has 1 fully saturated rings. The molecule has 5 N–H and O–H groups in total. The average Bonchev–Trinajstić information content (AvgIpc) is 3.92. The van der Waals surface area contributed by atoms with Gasteiger partial charge >= 0.3 is 11.7 Å². The van der Waals surface area contributed by atoms with Crippen molar-refractivity contribution in [1.82, 2.24) is 45.5 Å². The molecule has 56 heavy (non-hydrogen) atoms. The molecule has 0 aliphatic carbocycles. The first-order chi connectivity index (χ1) is 26.8. The fourth-order valence-electron chi connectivity index (χ4n) is 6.49. The van der Waals surface area contributed by atoms with Gasteiger partial charge in [0, 0.05) is 44.6 Å². The largest absolute Gasteiger partial charge is 0.460 e. The minimum absolute atomic E-state index is 0.0256. The second-order valence-corrected chi connectivity index (χ2v) is 14.0. The van der Waals surface area contributed by atoms with E-state index in [1.165, 1.54) is 40.2 Å². The van der Waals surface area contributed by atoms with Gasteiger partial charge in [-0.25, -0.2) is 19.0 Å². The Bertz CT molecular complexity index is 2080. The highest BCUT2D eigenvalue weighted by Gasteiger charge is 2.39. The number of halogens is 1. The van der Waals surface area contributed by atoms with Gasteiger partial charge in [0.1, 0.15) is 30.3 Å². The van der Waals surface area contributed by atoms with Crippen molar-refractivity contribution in [1.29, 1.82) is 0 Å². The van der Waals surface area contributed by atoms with Gasteiger partial charge in [0.25, 0.3) is 11.5 Å². The normalized spacial score (nSPS) is 25.1. The molecule has 0 aromatic carbocycles. The number of amides is 3. The third-order valence-corrected chi connectivity index (χ3v) is 9.22. The van der Waals surface area contributed by atoms with E-state index in [1.54, 1.807) is 19.1 Å². The summed E-state index contributed by atoms with van der Waals surface area (Å²) < 4.78 is 27.7. The van der Waals surface area contributed by atoms with Crippen molar-refractivity contribution in [3.63, 3.8) is 0 Å². The Kier molecular flexibility index (Phi) is 14.0. The first kappa shape index (κ1) is 41.2. The van der Waals surface area contributed by atoms with Crippen LogP contribution in [0.4, 0.5) is 4.39 Å². The molecule has 5 rings (SSSR count). The molecule has 0 radical (unpaired) electrons. The zero-order valence-electron chi connectivity index (χ0n) is 31.3. The molecule has 3 aromatic heterocycles. The van der Waals surface area contributed by atoms with Crippen LogP contribution in [0.1, 0.15) is 62.8 Å². The molecule has 3 amide bonds. The van der Waals surface area contributed by atoms with E-state index in [0.29, 0.717) is 18.4 Å². The van der Waals surface area contributed by atoms with Crippen molar-refractivity contribution < 1.29 is 37.8 Å². The number of carbonyl (C=O) groups is 4. The molecule has 300 valence electrons. The third-order valence-electron chi connectivity index (χ3n) is 9.22. The van der Waals surface area contributed by atoms with E-state index >= 15 is 0 Å². The predicted octanol–water partition coefficient (Wildman–Crippen LogP) is 1.12. The maximum atomic E-state index is 14.8. The summed E-state index contributed by atoms with van der Waals surface area (Å²) in [5, 5.41) is 23.8. The number of allylic oxidation sites excluding steroid dienone is 2. The summed E-state index contributed by atoms with van der Waals surface area (Å²) in [6.45, 7) is 6.00. The topological polar surface area (TPSA) is 247 Å². The van der Waals surface area contributed by atoms with Crippen LogP contribution < -0.4 is 21.9 Å². The fourth-order valence-corrected chi connectivity index (χ4v) is 6.49. The molecule has 0 saturated carbocycles. The Morgan fingerprint density at radius 3 is 2.73 bits per heavy atom. The zero-order chi connectivity index (χ0) is 40.4. The maximum absolute atomic E-state index is 14.8. The summed E-state index contributed by atoms with van der Waals surface area (Å²) in [6, 6.07) is -0.961. The number of alkyl halides is 1. The molecule has 5 heterocycles. The van der Waals surface area contributed by atoms with Crippen molar-refractivity contribution in [2.24, 2.45) is 11.8 Å². The molecule has 2 aliphatic rings. The minimum Gasteiger partial charge on any atom is -0.460 e. The minimum atomic E-state index is -1.52. The van der Waals surface area contributed by atoms with Crippen molar-refractivity contribution in [3.05, 3.63) is 87.0 Å². The predicted molar refractivity (Wildman–Crippen MR) is 197 cm³/mol. The van der Waals surface area contributed by atoms with E-state index in [2.05, 4.69) is 35.9 Å². The second-order valence-electron chi connectivity index (χ2n) is 14.0. The number of ether oxygens (including phenoxy) is 1. The first-order valence-electron chi connectivity index (χ1n) is 18.4. The van der Waals surface area contributed by atoms with Crippen molar-refractivity contribution in [2.45, 2.75) is 83.8 Å². The van der Waals surface area contributed by atoms with Crippen LogP contribution in [0, 0.1) is 11.8 Å². The van der Waals surface area contributed by atoms with E-state index in [4.69, 9.17) is 9.15 Å². The van der Waals surface area contributed by atoms with Gasteiger partial charge in [0.2, 0.25) is 11.8 Å². The lowest BCUT2D eigenvalue weighted by molar-refractivity contribution is -0.159. The first-order valence-corrected chi connectivity index (χ1v) is 18.4. The highest BCUT2D eigenvalue weighted by Crippen LogP contribution is 2.27. The van der Waals surface area contributed by atoms with Crippen LogP contribution >= 0.6 is 0 Å². The van der Waals surface area contributed by atoms with Crippen LogP contribution in [0.25, 0.3) is 11.3 Å². The number of fused-ring (bicyclic) bond motifs is 3. The van der Waals surface area contributed by atoms with Gasteiger partial charge in [-0.1, -0.05) is 48.9 Å². The number of carbonyl (C=O) groups excluding carboxylic acids is 4. The summed E-state index contributed by atoms with van der Waals surface area (Å²) in [4.78, 5) is 86.9. The summed E-state index contributed by atoms with van der Waals surface area (Å²) in [5.74, 6) is -3.28. The smallest absolute Gasteiger partial charge is 0.329 e. The highest BCUT2D eigenvalue weighted by molar-refractivity contribution is 5.95. The molecule has 0 spiro atoms. The Morgan fingerprint density at radius 2 is 1.96 bits per heavy atom. The maximum Gasteiger partial charge on any atom is 0.329 e. The van der Waals surface area contributed by atoms with E-state index < -0.39 is 65.3 Å². The molecule has 5 unspecified atom stereocenters. The summed E-state index contributed by atoms with van der Waals surface area (Å²) in [7, 11) is 0. The van der Waals surface area contributed by atoms with E-state index in [1.807, 2.05) is 13.8 Å². The van der Waals surface area contributed by atoms with Crippen molar-refractivity contribution in [3.8, 4) is 11.3 Å². The summed E-state index contributed by atoms with van der Waals surface area (Å²) in [5.41, 5.74) is -0.424. The number of nitrogens with zero attached hydrogens (tertiary/aromatic N) is 5. The lowest BCUT2D eigenvalue weighted by Gasteiger charge is -2.30. The van der Waals surface area contributed by atoms with Crippen LogP contribution in [0.15, 0.2) is 68.6 Å². The molecule has 2 aliphatic heterocycles. The van der Waals surface area contributed by atoms with Gasteiger partial charge in [-0.15, -0.1) is 5.10 Å². The van der Waals surface area contributed by atoms with Gasteiger partial charge < -0.3 is 34.8 Å². The molecular weight excluding hydrogens is 733 g/mol.